The summed E-state index contributed by atoms with van der Waals surface area (Å²) in [5.74, 6) is 0.827. The van der Waals surface area contributed by atoms with E-state index >= 15 is 0 Å². The van der Waals surface area contributed by atoms with Crippen molar-refractivity contribution in [2.75, 3.05) is 19.5 Å². The van der Waals surface area contributed by atoms with Gasteiger partial charge < -0.3 is 14.5 Å². The molecule has 1 heterocycles. The van der Waals surface area contributed by atoms with Crippen LogP contribution < -0.4 is 15.7 Å². The minimum atomic E-state index is -0.240. The van der Waals surface area contributed by atoms with Crippen LogP contribution in [0.1, 0.15) is 43.0 Å². The number of hydrogen-bond donors (Lipinski definition) is 1. The van der Waals surface area contributed by atoms with E-state index in [1.165, 1.54) is 0 Å². The largest absolute Gasteiger partial charge is 0.496 e. The molecule has 0 fully saturated rings. The molecule has 0 atom stereocenters. The SMILES string of the molecule is CCc1c(OC)c(CC)c2oc(=O)c(CC)c(C)c2c1NC. The van der Waals surface area contributed by atoms with Gasteiger partial charge in [0.2, 0.25) is 0 Å². The van der Waals surface area contributed by atoms with Crippen molar-refractivity contribution in [1.29, 1.82) is 0 Å². The molecular formula is C18H25NO3. The number of ether oxygens (including phenoxy) is 1. The van der Waals surface area contributed by atoms with E-state index in [2.05, 4.69) is 19.2 Å². The Labute approximate surface area is 131 Å². The van der Waals surface area contributed by atoms with Crippen LogP contribution in [0.2, 0.25) is 0 Å². The highest BCUT2D eigenvalue weighted by molar-refractivity contribution is 5.99. The lowest BCUT2D eigenvalue weighted by Crippen LogP contribution is -2.12. The Morgan fingerprint density at radius 3 is 2.09 bits per heavy atom. The molecule has 120 valence electrons. The summed E-state index contributed by atoms with van der Waals surface area (Å²) in [6.45, 7) is 8.15. The number of aryl methyl sites for hydroxylation is 2. The normalized spacial score (nSPS) is 11.0. The van der Waals surface area contributed by atoms with Crippen molar-refractivity contribution in [3.05, 3.63) is 32.7 Å². The lowest BCUT2D eigenvalue weighted by Gasteiger charge is -2.21. The van der Waals surface area contributed by atoms with Crippen molar-refractivity contribution in [3.63, 3.8) is 0 Å². The zero-order valence-corrected chi connectivity index (χ0v) is 14.3. The van der Waals surface area contributed by atoms with Crippen LogP contribution in [-0.4, -0.2) is 14.2 Å². The fourth-order valence-electron chi connectivity index (χ4n) is 3.33. The van der Waals surface area contributed by atoms with Crippen molar-refractivity contribution < 1.29 is 9.15 Å². The molecule has 0 aliphatic heterocycles. The second-order valence-corrected chi connectivity index (χ2v) is 5.37. The predicted molar refractivity (Wildman–Crippen MR) is 91.5 cm³/mol. The Bertz CT molecular complexity index is 759. The molecule has 0 spiro atoms. The second kappa shape index (κ2) is 6.42. The molecule has 2 aromatic rings. The quantitative estimate of drug-likeness (QED) is 0.853. The fourth-order valence-corrected chi connectivity index (χ4v) is 3.33. The lowest BCUT2D eigenvalue weighted by molar-refractivity contribution is 0.404. The fraction of sp³-hybridized carbons (Fsp3) is 0.500. The maximum Gasteiger partial charge on any atom is 0.339 e. The van der Waals surface area contributed by atoms with Crippen molar-refractivity contribution in [1.82, 2.24) is 0 Å². The van der Waals surface area contributed by atoms with E-state index in [0.717, 1.165) is 51.9 Å². The molecule has 4 heteroatoms. The Kier molecular flexibility index (Phi) is 4.79. The van der Waals surface area contributed by atoms with Crippen LogP contribution in [0.4, 0.5) is 5.69 Å². The summed E-state index contributed by atoms with van der Waals surface area (Å²) >= 11 is 0. The van der Waals surface area contributed by atoms with E-state index in [0.29, 0.717) is 12.0 Å². The van der Waals surface area contributed by atoms with Gasteiger partial charge in [-0.25, -0.2) is 4.79 Å². The highest BCUT2D eigenvalue weighted by atomic mass is 16.5. The number of fused-ring (bicyclic) bond motifs is 1. The number of nitrogens with one attached hydrogen (secondary N) is 1. The molecule has 0 bridgehead atoms. The van der Waals surface area contributed by atoms with Gasteiger partial charge in [-0.2, -0.15) is 0 Å². The Hall–Kier alpha value is -1.97. The van der Waals surface area contributed by atoms with Gasteiger partial charge >= 0.3 is 5.63 Å². The predicted octanol–water partition coefficient (Wildman–Crippen LogP) is 3.84. The zero-order chi connectivity index (χ0) is 16.4. The van der Waals surface area contributed by atoms with Gasteiger partial charge in [0.15, 0.2) is 0 Å². The number of methoxy groups -OCH3 is 1. The standard InChI is InChI=1S/C18H25NO3/c1-7-11-10(4)14-15(19-5)12(8-2)16(21-6)13(9-3)17(14)22-18(11)20/h19H,7-9H2,1-6H3. The molecule has 0 saturated carbocycles. The van der Waals surface area contributed by atoms with Crippen molar-refractivity contribution in [3.8, 4) is 5.75 Å². The van der Waals surface area contributed by atoms with Gasteiger partial charge in [0, 0.05) is 29.1 Å². The van der Waals surface area contributed by atoms with Crippen molar-refractivity contribution in [2.45, 2.75) is 47.0 Å². The van der Waals surface area contributed by atoms with Crippen LogP contribution in [0.5, 0.6) is 5.75 Å². The molecule has 0 saturated heterocycles. The number of benzene rings is 1. The third kappa shape index (κ3) is 2.27. The summed E-state index contributed by atoms with van der Waals surface area (Å²) < 4.78 is 11.3. The van der Waals surface area contributed by atoms with Gasteiger partial charge in [0.05, 0.1) is 12.8 Å². The highest BCUT2D eigenvalue weighted by Crippen LogP contribution is 2.41. The molecule has 22 heavy (non-hydrogen) atoms. The minimum absolute atomic E-state index is 0.240. The first kappa shape index (κ1) is 16.4. The molecule has 2 rings (SSSR count). The number of anilines is 1. The van der Waals surface area contributed by atoms with E-state index in [1.807, 2.05) is 20.9 Å². The first-order valence-electron chi connectivity index (χ1n) is 7.91. The second-order valence-electron chi connectivity index (χ2n) is 5.37. The average Bonchev–Trinajstić information content (AvgIpc) is 2.52. The van der Waals surface area contributed by atoms with Crippen molar-refractivity contribution >= 4 is 16.7 Å². The van der Waals surface area contributed by atoms with Crippen LogP contribution >= 0.6 is 0 Å². The molecule has 0 aliphatic carbocycles. The summed E-state index contributed by atoms with van der Waals surface area (Å²) in [6, 6.07) is 0. The van der Waals surface area contributed by atoms with Gasteiger partial charge in [-0.3, -0.25) is 0 Å². The van der Waals surface area contributed by atoms with Crippen molar-refractivity contribution in [2.24, 2.45) is 0 Å². The van der Waals surface area contributed by atoms with Crippen LogP contribution in [0.3, 0.4) is 0 Å². The number of hydrogen-bond acceptors (Lipinski definition) is 4. The maximum atomic E-state index is 12.3. The van der Waals surface area contributed by atoms with E-state index in [4.69, 9.17) is 9.15 Å². The summed E-state index contributed by atoms with van der Waals surface area (Å²) in [5, 5.41) is 4.29. The molecule has 1 N–H and O–H groups in total. The molecule has 1 aromatic carbocycles. The third-order valence-electron chi connectivity index (χ3n) is 4.38. The van der Waals surface area contributed by atoms with Gasteiger partial charge in [0.1, 0.15) is 11.3 Å². The summed E-state index contributed by atoms with van der Waals surface area (Å²) in [7, 11) is 3.57. The third-order valence-corrected chi connectivity index (χ3v) is 4.38. The summed E-state index contributed by atoms with van der Waals surface area (Å²) in [5.41, 5.74) is 5.27. The average molecular weight is 303 g/mol. The molecule has 0 unspecified atom stereocenters. The van der Waals surface area contributed by atoms with Crippen LogP contribution in [0.15, 0.2) is 9.21 Å². The van der Waals surface area contributed by atoms with Crippen LogP contribution in [-0.2, 0) is 19.3 Å². The van der Waals surface area contributed by atoms with E-state index in [-0.39, 0.29) is 5.63 Å². The minimum Gasteiger partial charge on any atom is -0.496 e. The Balaban J connectivity index is 3.14. The van der Waals surface area contributed by atoms with Gasteiger partial charge in [-0.1, -0.05) is 20.8 Å². The molecule has 1 aromatic heterocycles. The Morgan fingerprint density at radius 2 is 1.64 bits per heavy atom. The maximum absolute atomic E-state index is 12.3. The van der Waals surface area contributed by atoms with Crippen LogP contribution in [0.25, 0.3) is 11.0 Å². The Morgan fingerprint density at radius 1 is 1.05 bits per heavy atom. The first-order chi connectivity index (χ1) is 10.5. The molecule has 0 radical (unpaired) electrons. The van der Waals surface area contributed by atoms with Crippen LogP contribution in [0, 0.1) is 6.92 Å². The van der Waals surface area contributed by atoms with E-state index in [1.54, 1.807) is 7.11 Å². The van der Waals surface area contributed by atoms with E-state index in [9.17, 15) is 4.79 Å². The van der Waals surface area contributed by atoms with E-state index < -0.39 is 0 Å². The summed E-state index contributed by atoms with van der Waals surface area (Å²) in [6.07, 6.45) is 2.27. The smallest absolute Gasteiger partial charge is 0.339 e. The molecule has 0 amide bonds. The zero-order valence-electron chi connectivity index (χ0n) is 14.3. The monoisotopic (exact) mass is 303 g/mol. The van der Waals surface area contributed by atoms with Gasteiger partial charge in [-0.05, 0) is 31.7 Å². The number of rotatable bonds is 5. The van der Waals surface area contributed by atoms with Gasteiger partial charge in [0.25, 0.3) is 0 Å². The molecule has 4 nitrogen and oxygen atoms in total. The topological polar surface area (TPSA) is 51.5 Å². The first-order valence-corrected chi connectivity index (χ1v) is 7.91. The molecular weight excluding hydrogens is 278 g/mol. The highest BCUT2D eigenvalue weighted by Gasteiger charge is 2.23. The van der Waals surface area contributed by atoms with Gasteiger partial charge in [-0.15, -0.1) is 0 Å². The summed E-state index contributed by atoms with van der Waals surface area (Å²) in [4.78, 5) is 12.3. The lowest BCUT2D eigenvalue weighted by atomic mass is 9.94. The molecule has 0 aliphatic rings.